The van der Waals surface area contributed by atoms with Crippen LogP contribution in [0.1, 0.15) is 19.4 Å². The molecule has 1 aliphatic rings. The molecule has 0 atom stereocenters. The number of morpholine rings is 1. The number of nitrogens with zero attached hydrogens (tertiary/aromatic N) is 3. The van der Waals surface area contributed by atoms with Gasteiger partial charge in [-0.3, -0.25) is 5.32 Å². The zero-order valence-corrected chi connectivity index (χ0v) is 17.9. The molecule has 0 saturated carbocycles. The van der Waals surface area contributed by atoms with Crippen molar-refractivity contribution < 1.29 is 14.3 Å². The van der Waals surface area contributed by atoms with E-state index in [1.807, 2.05) is 24.3 Å². The first-order chi connectivity index (χ1) is 15.2. The second-order valence-corrected chi connectivity index (χ2v) is 7.31. The second kappa shape index (κ2) is 9.11. The lowest BCUT2D eigenvalue weighted by atomic mass is 10.0. The number of carbonyl (C=O) groups is 1. The standard InChI is InChI=1S/C24H26N4O3/c1-3-28-22-9-8-19(27-10-12-30-13-11-27)15-20(22)21(16-25)23(28)17-6-5-7-18(14-17)26-24(29)31-4-2/h5-9,14-15H,3-4,10-13H2,1-2H3,(H,26,29). The first kappa shape index (κ1) is 20.8. The first-order valence-electron chi connectivity index (χ1n) is 10.6. The molecule has 160 valence electrons. The van der Waals surface area contributed by atoms with Crippen LogP contribution in [0.3, 0.4) is 0 Å². The van der Waals surface area contributed by atoms with Crippen molar-refractivity contribution in [2.45, 2.75) is 20.4 Å². The van der Waals surface area contributed by atoms with Crippen molar-refractivity contribution in [1.29, 1.82) is 5.26 Å². The zero-order chi connectivity index (χ0) is 21.8. The molecule has 0 aliphatic carbocycles. The predicted molar refractivity (Wildman–Crippen MR) is 121 cm³/mol. The fourth-order valence-corrected chi connectivity index (χ4v) is 4.13. The number of anilines is 2. The number of amides is 1. The summed E-state index contributed by atoms with van der Waals surface area (Å²) in [6.45, 7) is 7.97. The Morgan fingerprint density at radius 3 is 2.71 bits per heavy atom. The van der Waals surface area contributed by atoms with Crippen molar-refractivity contribution in [3.05, 3.63) is 48.0 Å². The number of ether oxygens (including phenoxy) is 2. The minimum atomic E-state index is -0.494. The first-order valence-corrected chi connectivity index (χ1v) is 10.6. The monoisotopic (exact) mass is 418 g/mol. The maximum absolute atomic E-state index is 11.8. The number of rotatable bonds is 5. The molecular weight excluding hydrogens is 392 g/mol. The fraction of sp³-hybridized carbons (Fsp3) is 0.333. The molecule has 7 heteroatoms. The van der Waals surface area contributed by atoms with Crippen molar-refractivity contribution in [2.24, 2.45) is 0 Å². The van der Waals surface area contributed by atoms with Gasteiger partial charge < -0.3 is 18.9 Å². The molecule has 2 heterocycles. The Morgan fingerprint density at radius 2 is 2.00 bits per heavy atom. The molecule has 1 N–H and O–H groups in total. The Bertz CT molecular complexity index is 1140. The summed E-state index contributed by atoms with van der Waals surface area (Å²) in [6.07, 6.45) is -0.494. The summed E-state index contributed by atoms with van der Waals surface area (Å²) in [5.41, 5.74) is 5.12. The molecule has 3 aromatic rings. The van der Waals surface area contributed by atoms with Crippen molar-refractivity contribution in [3.8, 4) is 17.3 Å². The van der Waals surface area contributed by atoms with E-state index < -0.39 is 6.09 Å². The summed E-state index contributed by atoms with van der Waals surface area (Å²) >= 11 is 0. The number of nitrogens with one attached hydrogen (secondary N) is 1. The highest BCUT2D eigenvalue weighted by atomic mass is 16.5. The topological polar surface area (TPSA) is 79.5 Å². The van der Waals surface area contributed by atoms with Crippen LogP contribution in [0, 0.1) is 11.3 Å². The van der Waals surface area contributed by atoms with Gasteiger partial charge in [0.05, 0.1) is 31.1 Å². The normalized spacial score (nSPS) is 13.8. The number of hydrogen-bond donors (Lipinski definition) is 1. The van der Waals surface area contributed by atoms with Gasteiger partial charge in [-0.15, -0.1) is 0 Å². The van der Waals surface area contributed by atoms with E-state index in [4.69, 9.17) is 9.47 Å². The van der Waals surface area contributed by atoms with Crippen LogP contribution in [-0.2, 0) is 16.0 Å². The van der Waals surface area contributed by atoms with Crippen LogP contribution in [-0.4, -0.2) is 43.6 Å². The van der Waals surface area contributed by atoms with Crippen molar-refractivity contribution >= 4 is 28.4 Å². The smallest absolute Gasteiger partial charge is 0.411 e. The maximum Gasteiger partial charge on any atom is 0.411 e. The molecule has 1 aromatic heterocycles. The largest absolute Gasteiger partial charge is 0.450 e. The summed E-state index contributed by atoms with van der Waals surface area (Å²) in [5.74, 6) is 0. The summed E-state index contributed by atoms with van der Waals surface area (Å²) < 4.78 is 12.6. The van der Waals surface area contributed by atoms with Gasteiger partial charge in [0.25, 0.3) is 0 Å². The number of benzene rings is 2. The summed E-state index contributed by atoms with van der Waals surface area (Å²) in [7, 11) is 0. The van der Waals surface area contributed by atoms with Gasteiger partial charge in [0, 0.05) is 47.5 Å². The highest BCUT2D eigenvalue weighted by molar-refractivity contribution is 5.97. The summed E-state index contributed by atoms with van der Waals surface area (Å²) in [5, 5.41) is 13.8. The van der Waals surface area contributed by atoms with Gasteiger partial charge in [0.15, 0.2) is 0 Å². The summed E-state index contributed by atoms with van der Waals surface area (Å²) in [4.78, 5) is 14.1. The SMILES string of the molecule is CCOC(=O)Nc1cccc(-c2c(C#N)c3cc(N4CCOCC4)ccc3n2CC)c1. The van der Waals surface area contributed by atoms with Crippen LogP contribution >= 0.6 is 0 Å². The quantitative estimate of drug-likeness (QED) is 0.655. The highest BCUT2D eigenvalue weighted by Crippen LogP contribution is 2.36. The lowest BCUT2D eigenvalue weighted by Crippen LogP contribution is -2.36. The molecule has 31 heavy (non-hydrogen) atoms. The van der Waals surface area contributed by atoms with Gasteiger partial charge in [-0.1, -0.05) is 12.1 Å². The molecule has 0 radical (unpaired) electrons. The van der Waals surface area contributed by atoms with Crippen LogP contribution in [0.25, 0.3) is 22.2 Å². The lowest BCUT2D eigenvalue weighted by molar-refractivity contribution is 0.122. The van der Waals surface area contributed by atoms with Crippen molar-refractivity contribution in [1.82, 2.24) is 4.57 Å². The minimum absolute atomic E-state index is 0.305. The second-order valence-electron chi connectivity index (χ2n) is 7.31. The molecule has 0 spiro atoms. The molecule has 0 bridgehead atoms. The Balaban J connectivity index is 1.80. The molecule has 0 unspecified atom stereocenters. The predicted octanol–water partition coefficient (Wildman–Crippen LogP) is 4.60. The van der Waals surface area contributed by atoms with Crippen LogP contribution < -0.4 is 10.2 Å². The number of nitriles is 1. The Kier molecular flexibility index (Phi) is 6.10. The van der Waals surface area contributed by atoms with Crippen molar-refractivity contribution in [3.63, 3.8) is 0 Å². The lowest BCUT2D eigenvalue weighted by Gasteiger charge is -2.28. The molecule has 2 aromatic carbocycles. The number of hydrogen-bond acceptors (Lipinski definition) is 5. The average Bonchev–Trinajstić information content (AvgIpc) is 3.12. The third kappa shape index (κ3) is 4.07. The molecule has 4 rings (SSSR count). The third-order valence-electron chi connectivity index (χ3n) is 5.51. The fourth-order valence-electron chi connectivity index (χ4n) is 4.13. The highest BCUT2D eigenvalue weighted by Gasteiger charge is 2.20. The van der Waals surface area contributed by atoms with Crippen LogP contribution in [0.15, 0.2) is 42.5 Å². The van der Waals surface area contributed by atoms with E-state index in [9.17, 15) is 10.1 Å². The molecule has 1 amide bonds. The Hall–Kier alpha value is -3.50. The van der Waals surface area contributed by atoms with Gasteiger partial charge in [-0.25, -0.2) is 4.79 Å². The summed E-state index contributed by atoms with van der Waals surface area (Å²) in [6, 6.07) is 16.3. The molecule has 1 fully saturated rings. The molecular formula is C24H26N4O3. The zero-order valence-electron chi connectivity index (χ0n) is 17.9. The molecule has 1 saturated heterocycles. The average molecular weight is 418 g/mol. The number of aryl methyl sites for hydroxylation is 1. The number of aromatic nitrogens is 1. The van der Waals surface area contributed by atoms with E-state index in [0.717, 1.165) is 47.5 Å². The van der Waals surface area contributed by atoms with Crippen molar-refractivity contribution in [2.75, 3.05) is 43.1 Å². The van der Waals surface area contributed by atoms with Gasteiger partial charge in [0.1, 0.15) is 6.07 Å². The Labute approximate surface area is 181 Å². The number of carbonyl (C=O) groups excluding carboxylic acids is 1. The Morgan fingerprint density at radius 1 is 1.19 bits per heavy atom. The van der Waals surface area contributed by atoms with Gasteiger partial charge >= 0.3 is 6.09 Å². The molecule has 1 aliphatic heterocycles. The van der Waals surface area contributed by atoms with Crippen LogP contribution in [0.5, 0.6) is 0 Å². The van der Waals surface area contributed by atoms with Crippen LogP contribution in [0.4, 0.5) is 16.2 Å². The van der Waals surface area contributed by atoms with Gasteiger partial charge in [0.2, 0.25) is 0 Å². The van der Waals surface area contributed by atoms with E-state index in [1.54, 1.807) is 6.92 Å². The number of fused-ring (bicyclic) bond motifs is 1. The van der Waals surface area contributed by atoms with E-state index in [1.165, 1.54) is 0 Å². The van der Waals surface area contributed by atoms with Gasteiger partial charge in [-0.2, -0.15) is 5.26 Å². The third-order valence-corrected chi connectivity index (χ3v) is 5.51. The van der Waals surface area contributed by atoms with Gasteiger partial charge in [-0.05, 0) is 44.2 Å². The van der Waals surface area contributed by atoms with E-state index >= 15 is 0 Å². The maximum atomic E-state index is 11.8. The molecule has 7 nitrogen and oxygen atoms in total. The van der Waals surface area contributed by atoms with E-state index in [2.05, 4.69) is 46.0 Å². The minimum Gasteiger partial charge on any atom is -0.450 e. The van der Waals surface area contributed by atoms with E-state index in [-0.39, 0.29) is 0 Å². The van der Waals surface area contributed by atoms with E-state index in [0.29, 0.717) is 31.1 Å². The van der Waals surface area contributed by atoms with Crippen LogP contribution in [0.2, 0.25) is 0 Å².